The van der Waals surface area contributed by atoms with Crippen LogP contribution in [0, 0.1) is 26.7 Å². The standard InChI is InChI=1S/C23H23N5OS/c1-14-9-15(2)25-23(24-14)28-12-18-10-27(11-19(18)13-28)22(29)20-21(30-16(3)26-20)17-7-5-4-6-8-17/h4-9,12,19H,10-11,13H2,1-3H3. The van der Waals surface area contributed by atoms with Gasteiger partial charge in [0.2, 0.25) is 5.95 Å². The molecule has 0 bridgehead atoms. The maximum atomic E-state index is 13.3. The van der Waals surface area contributed by atoms with Crippen LogP contribution in [0.25, 0.3) is 10.4 Å². The highest BCUT2D eigenvalue weighted by atomic mass is 32.1. The van der Waals surface area contributed by atoms with Gasteiger partial charge in [0.1, 0.15) is 5.69 Å². The van der Waals surface area contributed by atoms with Gasteiger partial charge in [-0.2, -0.15) is 0 Å². The molecule has 3 aromatic rings. The lowest BCUT2D eigenvalue weighted by Crippen LogP contribution is -2.32. The van der Waals surface area contributed by atoms with Gasteiger partial charge in [-0.05, 0) is 38.0 Å². The van der Waals surface area contributed by atoms with E-state index < -0.39 is 0 Å². The first kappa shape index (κ1) is 18.9. The van der Waals surface area contributed by atoms with Gasteiger partial charge in [-0.25, -0.2) is 15.0 Å². The minimum absolute atomic E-state index is 0.0164. The smallest absolute Gasteiger partial charge is 0.274 e. The summed E-state index contributed by atoms with van der Waals surface area (Å²) in [7, 11) is 0. The van der Waals surface area contributed by atoms with Crippen molar-refractivity contribution >= 4 is 23.2 Å². The molecule has 2 aliphatic heterocycles. The molecule has 0 saturated carbocycles. The van der Waals surface area contributed by atoms with E-state index in [0.29, 0.717) is 24.7 Å². The highest BCUT2D eigenvalue weighted by Crippen LogP contribution is 2.35. The Balaban J connectivity index is 1.37. The summed E-state index contributed by atoms with van der Waals surface area (Å²) in [6.45, 7) is 8.08. The highest BCUT2D eigenvalue weighted by molar-refractivity contribution is 7.15. The number of aromatic nitrogens is 3. The lowest BCUT2D eigenvalue weighted by molar-refractivity contribution is 0.0784. The monoisotopic (exact) mass is 417 g/mol. The van der Waals surface area contributed by atoms with Crippen molar-refractivity contribution in [3.05, 3.63) is 70.3 Å². The normalized spacial score (nSPS) is 18.0. The van der Waals surface area contributed by atoms with Crippen LogP contribution in [0.3, 0.4) is 0 Å². The molecule has 5 rings (SSSR count). The Morgan fingerprint density at radius 2 is 1.77 bits per heavy atom. The van der Waals surface area contributed by atoms with Crippen LogP contribution < -0.4 is 4.90 Å². The van der Waals surface area contributed by atoms with Gasteiger partial charge in [0.05, 0.1) is 9.88 Å². The van der Waals surface area contributed by atoms with E-state index in [-0.39, 0.29) is 5.91 Å². The van der Waals surface area contributed by atoms with E-state index in [1.54, 1.807) is 11.3 Å². The van der Waals surface area contributed by atoms with Crippen molar-refractivity contribution in [1.82, 2.24) is 19.9 Å². The number of amides is 1. The van der Waals surface area contributed by atoms with Gasteiger partial charge in [0.15, 0.2) is 0 Å². The molecule has 1 amide bonds. The zero-order chi connectivity index (χ0) is 20.8. The number of carbonyl (C=O) groups excluding carboxylic acids is 1. The molecule has 0 N–H and O–H groups in total. The second kappa shape index (κ2) is 7.32. The van der Waals surface area contributed by atoms with Gasteiger partial charge < -0.3 is 9.80 Å². The molecule has 0 aliphatic carbocycles. The van der Waals surface area contributed by atoms with Gasteiger partial charge in [-0.15, -0.1) is 11.3 Å². The van der Waals surface area contributed by atoms with E-state index in [1.807, 2.05) is 62.1 Å². The lowest BCUT2D eigenvalue weighted by Gasteiger charge is -2.20. The minimum atomic E-state index is 0.0164. The van der Waals surface area contributed by atoms with Gasteiger partial charge >= 0.3 is 0 Å². The Morgan fingerprint density at radius 3 is 2.47 bits per heavy atom. The molecule has 4 heterocycles. The molecular weight excluding hydrogens is 394 g/mol. The Hall–Kier alpha value is -3.06. The van der Waals surface area contributed by atoms with Crippen molar-refractivity contribution in [1.29, 1.82) is 0 Å². The molecule has 0 radical (unpaired) electrons. The third kappa shape index (κ3) is 3.39. The van der Waals surface area contributed by atoms with E-state index in [9.17, 15) is 4.79 Å². The summed E-state index contributed by atoms with van der Waals surface area (Å²) in [5.41, 5.74) is 4.82. The number of hydrogen-bond donors (Lipinski definition) is 0. The predicted octanol–water partition coefficient (Wildman–Crippen LogP) is 4.00. The van der Waals surface area contributed by atoms with Crippen LogP contribution >= 0.6 is 11.3 Å². The average Bonchev–Trinajstić information content (AvgIpc) is 3.40. The number of nitrogens with zero attached hydrogens (tertiary/aromatic N) is 5. The van der Waals surface area contributed by atoms with Crippen molar-refractivity contribution in [2.75, 3.05) is 24.5 Å². The predicted molar refractivity (Wildman–Crippen MR) is 119 cm³/mol. The molecule has 1 aromatic carbocycles. The van der Waals surface area contributed by atoms with Crippen LogP contribution in [0.4, 0.5) is 5.95 Å². The van der Waals surface area contributed by atoms with Gasteiger partial charge in [-0.1, -0.05) is 30.3 Å². The first-order valence-corrected chi connectivity index (χ1v) is 10.9. The largest absolute Gasteiger partial charge is 0.333 e. The Labute approximate surface area is 179 Å². The van der Waals surface area contributed by atoms with Crippen molar-refractivity contribution in [3.63, 3.8) is 0 Å². The molecule has 6 nitrogen and oxygen atoms in total. The zero-order valence-electron chi connectivity index (χ0n) is 17.3. The number of aryl methyl sites for hydroxylation is 3. The van der Waals surface area contributed by atoms with Gasteiger partial charge in [0, 0.05) is 43.1 Å². The Kier molecular flexibility index (Phi) is 4.62. The first-order valence-electron chi connectivity index (χ1n) is 10.1. The third-order valence-electron chi connectivity index (χ3n) is 5.56. The van der Waals surface area contributed by atoms with Gasteiger partial charge in [-0.3, -0.25) is 4.79 Å². The maximum Gasteiger partial charge on any atom is 0.274 e. The number of likely N-dealkylation sites (tertiary alicyclic amines) is 1. The summed E-state index contributed by atoms with van der Waals surface area (Å²) in [5.74, 6) is 1.08. The summed E-state index contributed by atoms with van der Waals surface area (Å²) in [4.78, 5) is 32.1. The number of carbonyl (C=O) groups is 1. The van der Waals surface area contributed by atoms with Crippen molar-refractivity contribution in [3.8, 4) is 10.4 Å². The number of rotatable bonds is 3. The van der Waals surface area contributed by atoms with Crippen LogP contribution in [-0.2, 0) is 0 Å². The minimum Gasteiger partial charge on any atom is -0.333 e. The molecule has 30 heavy (non-hydrogen) atoms. The fourth-order valence-electron chi connectivity index (χ4n) is 4.25. The molecule has 2 aliphatic rings. The molecule has 1 fully saturated rings. The maximum absolute atomic E-state index is 13.3. The third-order valence-corrected chi connectivity index (χ3v) is 6.58. The molecular formula is C23H23N5OS. The molecule has 1 atom stereocenters. The van der Waals surface area contributed by atoms with Crippen LogP contribution in [0.15, 0.2) is 48.2 Å². The van der Waals surface area contributed by atoms with E-state index in [0.717, 1.165) is 39.3 Å². The molecule has 7 heteroatoms. The SMILES string of the molecule is Cc1cc(C)nc(N2C=C3CN(C(=O)c4nc(C)sc4-c4ccccc4)CC3C2)n1. The Bertz CT molecular complexity index is 1130. The van der Waals surface area contributed by atoms with Crippen LogP contribution in [0.1, 0.15) is 26.9 Å². The zero-order valence-corrected chi connectivity index (χ0v) is 18.1. The number of benzene rings is 1. The molecule has 1 saturated heterocycles. The van der Waals surface area contributed by atoms with Crippen LogP contribution in [0.2, 0.25) is 0 Å². The number of fused-ring (bicyclic) bond motifs is 1. The molecule has 0 spiro atoms. The van der Waals surface area contributed by atoms with E-state index >= 15 is 0 Å². The fraction of sp³-hybridized carbons (Fsp3) is 0.304. The van der Waals surface area contributed by atoms with Crippen molar-refractivity contribution < 1.29 is 4.79 Å². The summed E-state index contributed by atoms with van der Waals surface area (Å²) in [5, 5.41) is 0.911. The van der Waals surface area contributed by atoms with Crippen molar-refractivity contribution in [2.45, 2.75) is 20.8 Å². The second-order valence-corrected chi connectivity index (χ2v) is 9.17. The summed E-state index contributed by atoms with van der Waals surface area (Å²) < 4.78 is 0. The van der Waals surface area contributed by atoms with Gasteiger partial charge in [0.25, 0.3) is 5.91 Å². The fourth-order valence-corrected chi connectivity index (χ4v) is 5.16. The molecule has 2 aromatic heterocycles. The first-order chi connectivity index (χ1) is 14.5. The quantitative estimate of drug-likeness (QED) is 0.645. The lowest BCUT2D eigenvalue weighted by atomic mass is 10.1. The summed E-state index contributed by atoms with van der Waals surface area (Å²) in [6.07, 6.45) is 2.12. The van der Waals surface area contributed by atoms with E-state index in [4.69, 9.17) is 0 Å². The number of anilines is 1. The second-order valence-electron chi connectivity index (χ2n) is 7.97. The average molecular weight is 418 g/mol. The molecule has 152 valence electrons. The molecule has 1 unspecified atom stereocenters. The van der Waals surface area contributed by atoms with Crippen LogP contribution in [0.5, 0.6) is 0 Å². The van der Waals surface area contributed by atoms with E-state index in [2.05, 4.69) is 26.1 Å². The van der Waals surface area contributed by atoms with E-state index in [1.165, 1.54) is 5.57 Å². The Morgan fingerprint density at radius 1 is 1.03 bits per heavy atom. The topological polar surface area (TPSA) is 62.2 Å². The van der Waals surface area contributed by atoms with Crippen molar-refractivity contribution in [2.24, 2.45) is 5.92 Å². The summed E-state index contributed by atoms with van der Waals surface area (Å²) in [6, 6.07) is 12.0. The van der Waals surface area contributed by atoms with Crippen LogP contribution in [-0.4, -0.2) is 45.4 Å². The highest BCUT2D eigenvalue weighted by Gasteiger charge is 2.38. The summed E-state index contributed by atoms with van der Waals surface area (Å²) >= 11 is 1.58. The number of thiazole rings is 1. The number of hydrogen-bond acceptors (Lipinski definition) is 6.